The number of rotatable bonds is 4. The molecule has 0 aromatic carbocycles. The van der Waals surface area contributed by atoms with Gasteiger partial charge in [0.2, 0.25) is 0 Å². The molecule has 2 heterocycles. The number of unbranched alkanes of at least 4 members (excludes halogenated alkanes) is 1. The molecule has 20 heavy (non-hydrogen) atoms. The summed E-state index contributed by atoms with van der Waals surface area (Å²) in [5, 5.41) is 0. The Hall–Kier alpha value is -2.38. The smallest absolute Gasteiger partial charge is 0.331 e. The van der Waals surface area contributed by atoms with E-state index < -0.39 is 16.8 Å². The molecule has 2 aromatic heterocycles. The Labute approximate surface area is 113 Å². The number of nitrogens with one attached hydrogen (secondary N) is 1. The lowest BCUT2D eigenvalue weighted by Crippen LogP contribution is -2.40. The van der Waals surface area contributed by atoms with Gasteiger partial charge in [-0.1, -0.05) is 13.3 Å². The molecule has 0 saturated carbocycles. The molecule has 8 heteroatoms. The third-order valence-electron chi connectivity index (χ3n) is 3.10. The van der Waals surface area contributed by atoms with E-state index in [9.17, 15) is 14.4 Å². The van der Waals surface area contributed by atoms with Crippen LogP contribution in [0, 0.1) is 0 Å². The molecule has 0 bridgehead atoms. The Bertz CT molecular complexity index is 815. The van der Waals surface area contributed by atoms with Crippen LogP contribution in [0.15, 0.2) is 14.4 Å². The minimum Gasteiger partial charge on any atom is -0.468 e. The first kappa shape index (κ1) is 14.0. The van der Waals surface area contributed by atoms with Crippen molar-refractivity contribution in [2.24, 2.45) is 7.05 Å². The highest BCUT2D eigenvalue weighted by Crippen LogP contribution is 2.05. The van der Waals surface area contributed by atoms with Crippen molar-refractivity contribution in [2.45, 2.75) is 26.3 Å². The third-order valence-corrected chi connectivity index (χ3v) is 3.10. The van der Waals surface area contributed by atoms with Crippen LogP contribution >= 0.6 is 0 Å². The van der Waals surface area contributed by atoms with Crippen molar-refractivity contribution < 1.29 is 4.74 Å². The fourth-order valence-electron chi connectivity index (χ4n) is 1.99. The fraction of sp³-hybridized carbons (Fsp3) is 0.500. The van der Waals surface area contributed by atoms with Gasteiger partial charge in [-0.05, 0) is 6.42 Å². The molecular weight excluding hydrogens is 264 g/mol. The van der Waals surface area contributed by atoms with Crippen molar-refractivity contribution in [1.29, 1.82) is 0 Å². The molecule has 0 aliphatic carbocycles. The zero-order valence-electron chi connectivity index (χ0n) is 11.6. The fourth-order valence-corrected chi connectivity index (χ4v) is 1.99. The number of H-pyrrole nitrogens is 1. The lowest BCUT2D eigenvalue weighted by atomic mass is 10.3. The zero-order chi connectivity index (χ0) is 14.9. The number of ether oxygens (including phenoxy) is 1. The van der Waals surface area contributed by atoms with Crippen LogP contribution in [0.25, 0.3) is 11.0 Å². The number of aromatic nitrogens is 4. The SMILES string of the molecule is CCCCn1c(=O)n(C)c(=O)c2nc(OC)[nH]c(=O)c21. The molecule has 0 amide bonds. The molecule has 0 aliphatic heterocycles. The van der Waals surface area contributed by atoms with Crippen LogP contribution in [0.2, 0.25) is 0 Å². The Balaban J connectivity index is 2.95. The van der Waals surface area contributed by atoms with Gasteiger partial charge in [0, 0.05) is 13.6 Å². The monoisotopic (exact) mass is 280 g/mol. The van der Waals surface area contributed by atoms with Crippen molar-refractivity contribution in [3.63, 3.8) is 0 Å². The van der Waals surface area contributed by atoms with Gasteiger partial charge in [0.15, 0.2) is 5.52 Å². The van der Waals surface area contributed by atoms with Crippen LogP contribution < -0.4 is 21.5 Å². The molecule has 0 spiro atoms. The number of hydrogen-bond donors (Lipinski definition) is 1. The van der Waals surface area contributed by atoms with Gasteiger partial charge >= 0.3 is 5.69 Å². The Kier molecular flexibility index (Phi) is 3.73. The molecule has 1 N–H and O–H groups in total. The highest BCUT2D eigenvalue weighted by Gasteiger charge is 2.16. The minimum absolute atomic E-state index is 0.00708. The van der Waals surface area contributed by atoms with Crippen LogP contribution in [-0.2, 0) is 13.6 Å². The van der Waals surface area contributed by atoms with Crippen molar-refractivity contribution in [3.8, 4) is 6.01 Å². The summed E-state index contributed by atoms with van der Waals surface area (Å²) >= 11 is 0. The quantitative estimate of drug-likeness (QED) is 0.821. The summed E-state index contributed by atoms with van der Waals surface area (Å²) in [7, 11) is 2.70. The molecule has 2 rings (SSSR count). The summed E-state index contributed by atoms with van der Waals surface area (Å²) in [4.78, 5) is 42.6. The standard InChI is InChI=1S/C12H16N4O4/c1-4-5-6-16-8-7(10(18)15(2)12(16)19)13-11(20-3)14-9(8)17/h4-6H2,1-3H3,(H,13,14,17). The maximum atomic E-state index is 12.1. The van der Waals surface area contributed by atoms with Gasteiger partial charge in [-0.25, -0.2) is 4.79 Å². The molecule has 0 unspecified atom stereocenters. The van der Waals surface area contributed by atoms with Gasteiger partial charge in [-0.2, -0.15) is 4.98 Å². The summed E-state index contributed by atoms with van der Waals surface area (Å²) in [5.74, 6) is 0. The zero-order valence-corrected chi connectivity index (χ0v) is 11.6. The van der Waals surface area contributed by atoms with Crippen molar-refractivity contribution >= 4 is 11.0 Å². The van der Waals surface area contributed by atoms with Gasteiger partial charge in [-0.15, -0.1) is 0 Å². The minimum atomic E-state index is -0.609. The number of nitrogens with zero attached hydrogens (tertiary/aromatic N) is 3. The Morgan fingerprint density at radius 3 is 2.60 bits per heavy atom. The molecular formula is C12H16N4O4. The Morgan fingerprint density at radius 1 is 1.30 bits per heavy atom. The largest absolute Gasteiger partial charge is 0.468 e. The van der Waals surface area contributed by atoms with E-state index in [1.807, 2.05) is 6.92 Å². The van der Waals surface area contributed by atoms with Gasteiger partial charge in [0.1, 0.15) is 5.52 Å². The van der Waals surface area contributed by atoms with Crippen LogP contribution in [0.5, 0.6) is 6.01 Å². The van der Waals surface area contributed by atoms with E-state index in [1.165, 1.54) is 18.7 Å². The highest BCUT2D eigenvalue weighted by molar-refractivity contribution is 5.72. The number of aromatic amines is 1. The molecule has 0 atom stereocenters. The second kappa shape index (κ2) is 5.32. The van der Waals surface area contributed by atoms with Gasteiger partial charge in [0.05, 0.1) is 7.11 Å². The highest BCUT2D eigenvalue weighted by atomic mass is 16.5. The number of fused-ring (bicyclic) bond motifs is 1. The maximum absolute atomic E-state index is 12.1. The van der Waals surface area contributed by atoms with E-state index >= 15 is 0 Å². The summed E-state index contributed by atoms with van der Waals surface area (Å²) in [6, 6.07) is -0.0553. The first-order chi connectivity index (χ1) is 9.51. The first-order valence-corrected chi connectivity index (χ1v) is 6.29. The molecule has 0 saturated heterocycles. The lowest BCUT2D eigenvalue weighted by Gasteiger charge is -2.10. The van der Waals surface area contributed by atoms with E-state index in [-0.39, 0.29) is 17.0 Å². The van der Waals surface area contributed by atoms with E-state index in [2.05, 4.69) is 9.97 Å². The predicted molar refractivity (Wildman–Crippen MR) is 73.3 cm³/mol. The Morgan fingerprint density at radius 2 is 2.00 bits per heavy atom. The summed E-state index contributed by atoms with van der Waals surface area (Å²) in [6.07, 6.45) is 1.58. The van der Waals surface area contributed by atoms with Crippen molar-refractivity contribution in [2.75, 3.05) is 7.11 Å². The van der Waals surface area contributed by atoms with E-state index in [0.29, 0.717) is 6.54 Å². The van der Waals surface area contributed by atoms with Crippen LogP contribution in [0.1, 0.15) is 19.8 Å². The average molecular weight is 280 g/mol. The van der Waals surface area contributed by atoms with Gasteiger partial charge < -0.3 is 4.74 Å². The summed E-state index contributed by atoms with van der Waals surface area (Å²) < 4.78 is 7.08. The summed E-state index contributed by atoms with van der Waals surface area (Å²) in [5.41, 5.74) is -1.76. The second-order valence-electron chi connectivity index (χ2n) is 4.42. The van der Waals surface area contributed by atoms with Crippen molar-refractivity contribution in [1.82, 2.24) is 19.1 Å². The summed E-state index contributed by atoms with van der Waals surface area (Å²) in [6.45, 7) is 2.33. The molecule has 8 nitrogen and oxygen atoms in total. The number of methoxy groups -OCH3 is 1. The number of aryl methyl sites for hydroxylation is 1. The topological polar surface area (TPSA) is 99.0 Å². The van der Waals surface area contributed by atoms with Crippen LogP contribution in [-0.4, -0.2) is 26.2 Å². The predicted octanol–water partition coefficient (Wildman–Crippen LogP) is -0.408. The number of hydrogen-bond acceptors (Lipinski definition) is 5. The first-order valence-electron chi connectivity index (χ1n) is 6.29. The molecule has 0 fully saturated rings. The van der Waals surface area contributed by atoms with Crippen LogP contribution in [0.4, 0.5) is 0 Å². The normalized spacial score (nSPS) is 10.9. The van der Waals surface area contributed by atoms with E-state index in [4.69, 9.17) is 4.74 Å². The lowest BCUT2D eigenvalue weighted by molar-refractivity contribution is 0.380. The van der Waals surface area contributed by atoms with E-state index in [1.54, 1.807) is 0 Å². The molecule has 108 valence electrons. The molecule has 0 aliphatic rings. The van der Waals surface area contributed by atoms with E-state index in [0.717, 1.165) is 17.4 Å². The molecule has 2 aromatic rings. The molecule has 0 radical (unpaired) electrons. The average Bonchev–Trinajstić information content (AvgIpc) is 2.45. The van der Waals surface area contributed by atoms with Crippen LogP contribution in [0.3, 0.4) is 0 Å². The second-order valence-corrected chi connectivity index (χ2v) is 4.42. The van der Waals surface area contributed by atoms with Crippen molar-refractivity contribution in [3.05, 3.63) is 31.2 Å². The third kappa shape index (κ3) is 2.13. The maximum Gasteiger partial charge on any atom is 0.331 e. The van der Waals surface area contributed by atoms with Gasteiger partial charge in [0.25, 0.3) is 17.1 Å². The van der Waals surface area contributed by atoms with Gasteiger partial charge in [-0.3, -0.25) is 23.7 Å².